The fraction of sp³-hybridized carbons (Fsp3) is 1.00. The van der Waals surface area contributed by atoms with Crippen LogP contribution in [0.2, 0.25) is 3.43 Å². The van der Waals surface area contributed by atoms with Gasteiger partial charge in [0.2, 0.25) is 0 Å². The monoisotopic (exact) mass is 384 g/mol. The van der Waals surface area contributed by atoms with E-state index in [0.717, 1.165) is 26.0 Å². The van der Waals surface area contributed by atoms with Gasteiger partial charge in [0.05, 0.1) is 0 Å². The molecule has 3 aliphatic rings. The van der Waals surface area contributed by atoms with Crippen molar-refractivity contribution in [1.29, 1.82) is 0 Å². The van der Waals surface area contributed by atoms with E-state index in [1.54, 1.807) is 77.0 Å². The molecule has 0 aliphatic heterocycles. The summed E-state index contributed by atoms with van der Waals surface area (Å²) in [7, 11) is 0. The Hall–Kier alpha value is 0.799. The molecular weight excluding hydrogens is 347 g/mol. The van der Waals surface area contributed by atoms with Gasteiger partial charge in [-0.15, -0.1) is 0 Å². The van der Waals surface area contributed by atoms with Crippen molar-refractivity contribution in [1.82, 2.24) is 0 Å². The van der Waals surface area contributed by atoms with E-state index in [1.807, 2.05) is 0 Å². The molecule has 3 rings (SSSR count). The SMILES string of the molecule is [SnH3][C](C1CCCCC1)(C1CCCCC1)C1CCCCC1. The normalized spacial score (nSPS) is 28.8. The molecule has 0 aromatic heterocycles. The molecule has 0 aromatic carbocycles. The first-order chi connectivity index (χ1) is 9.82. The van der Waals surface area contributed by atoms with E-state index in [-0.39, 0.29) is 0 Å². The predicted molar refractivity (Wildman–Crippen MR) is 92.4 cm³/mol. The molecule has 0 unspecified atom stereocenters. The molecule has 0 bridgehead atoms. The van der Waals surface area contributed by atoms with Gasteiger partial charge in [-0.3, -0.25) is 0 Å². The summed E-state index contributed by atoms with van der Waals surface area (Å²) in [5.74, 6) is 3.50. The summed E-state index contributed by atoms with van der Waals surface area (Å²) >= 11 is 0.842. The van der Waals surface area contributed by atoms with E-state index in [9.17, 15) is 0 Å². The molecule has 3 saturated carbocycles. The molecule has 0 nitrogen and oxygen atoms in total. The topological polar surface area (TPSA) is 0 Å². The zero-order chi connectivity index (χ0) is 13.8. The Labute approximate surface area is 139 Å². The molecule has 0 radical (unpaired) electrons. The summed E-state index contributed by atoms with van der Waals surface area (Å²) < 4.78 is 0.920. The fourth-order valence-electron chi connectivity index (χ4n) is 6.17. The average molecular weight is 383 g/mol. The van der Waals surface area contributed by atoms with Gasteiger partial charge in [0.25, 0.3) is 0 Å². The second-order valence-electron chi connectivity index (χ2n) is 8.37. The van der Waals surface area contributed by atoms with Crippen LogP contribution < -0.4 is 0 Å². The second kappa shape index (κ2) is 7.38. The van der Waals surface area contributed by atoms with Crippen LogP contribution in [0.1, 0.15) is 96.3 Å². The van der Waals surface area contributed by atoms with Crippen molar-refractivity contribution in [3.8, 4) is 0 Å². The first kappa shape index (κ1) is 15.7. The molecule has 0 saturated heterocycles. The zero-order valence-corrected chi connectivity index (χ0v) is 19.5. The Morgan fingerprint density at radius 1 is 0.450 bits per heavy atom. The van der Waals surface area contributed by atoms with Crippen LogP contribution >= 0.6 is 0 Å². The van der Waals surface area contributed by atoms with Crippen LogP contribution in [0.15, 0.2) is 0 Å². The predicted octanol–water partition coefficient (Wildman–Crippen LogP) is 5.25. The van der Waals surface area contributed by atoms with Gasteiger partial charge < -0.3 is 0 Å². The Bertz CT molecular complexity index is 235. The van der Waals surface area contributed by atoms with Crippen LogP contribution in [0.5, 0.6) is 0 Å². The fourth-order valence-corrected chi connectivity index (χ4v) is 11.1. The van der Waals surface area contributed by atoms with Gasteiger partial charge in [-0.25, -0.2) is 0 Å². The summed E-state index contributed by atoms with van der Waals surface area (Å²) in [6, 6.07) is 0. The molecule has 116 valence electrons. The summed E-state index contributed by atoms with van der Waals surface area (Å²) in [6.45, 7) is 0. The van der Waals surface area contributed by atoms with Crippen LogP contribution in [-0.2, 0) is 0 Å². The van der Waals surface area contributed by atoms with E-state index in [1.165, 1.54) is 37.0 Å². The van der Waals surface area contributed by atoms with Crippen LogP contribution in [-0.4, -0.2) is 22.5 Å². The molecule has 0 amide bonds. The molecular formula is C19H36Sn. The van der Waals surface area contributed by atoms with Crippen LogP contribution in [0.25, 0.3) is 0 Å². The molecule has 0 aromatic rings. The first-order valence-electron chi connectivity index (χ1n) is 9.82. The first-order valence-corrected chi connectivity index (χ1v) is 12.7. The average Bonchev–Trinajstić information content (AvgIpc) is 2.56. The van der Waals surface area contributed by atoms with Crippen molar-refractivity contribution in [3.63, 3.8) is 0 Å². The van der Waals surface area contributed by atoms with Gasteiger partial charge in [0.1, 0.15) is 0 Å². The van der Waals surface area contributed by atoms with Gasteiger partial charge in [0.15, 0.2) is 0 Å². The molecule has 1 heteroatoms. The summed E-state index contributed by atoms with van der Waals surface area (Å²) in [4.78, 5) is 0. The summed E-state index contributed by atoms with van der Waals surface area (Å²) in [6.07, 6.45) is 23.7. The third-order valence-corrected chi connectivity index (χ3v) is 14.4. The Morgan fingerprint density at radius 3 is 0.950 bits per heavy atom. The molecule has 0 heterocycles. The summed E-state index contributed by atoms with van der Waals surface area (Å²) in [5, 5.41) is 0. The maximum atomic E-state index is 1.61. The third kappa shape index (κ3) is 3.25. The van der Waals surface area contributed by atoms with Crippen LogP contribution in [0.4, 0.5) is 0 Å². The number of hydrogen-bond donors (Lipinski definition) is 0. The second-order valence-corrected chi connectivity index (χ2v) is 13.3. The van der Waals surface area contributed by atoms with Gasteiger partial charge in [-0.1, -0.05) is 0 Å². The third-order valence-electron chi connectivity index (χ3n) is 7.45. The van der Waals surface area contributed by atoms with Gasteiger partial charge >= 0.3 is 140 Å². The van der Waals surface area contributed by atoms with Crippen molar-refractivity contribution in [2.45, 2.75) is 99.7 Å². The van der Waals surface area contributed by atoms with E-state index in [0.29, 0.717) is 0 Å². The molecule has 0 atom stereocenters. The van der Waals surface area contributed by atoms with Gasteiger partial charge in [-0.2, -0.15) is 0 Å². The Kier molecular flexibility index (Phi) is 5.78. The Morgan fingerprint density at radius 2 is 0.700 bits per heavy atom. The quantitative estimate of drug-likeness (QED) is 0.584. The van der Waals surface area contributed by atoms with Crippen molar-refractivity contribution >= 4 is 22.5 Å². The zero-order valence-electron chi connectivity index (χ0n) is 13.8. The minimum atomic E-state index is 0.842. The number of hydrogen-bond acceptors (Lipinski definition) is 0. The van der Waals surface area contributed by atoms with E-state index >= 15 is 0 Å². The molecule has 0 N–H and O–H groups in total. The van der Waals surface area contributed by atoms with Gasteiger partial charge in [0, 0.05) is 0 Å². The summed E-state index contributed by atoms with van der Waals surface area (Å²) in [5.41, 5.74) is 0. The Balaban J connectivity index is 1.79. The van der Waals surface area contributed by atoms with E-state index < -0.39 is 0 Å². The standard InChI is InChI=1S/C19H33.Sn.3H/c1-4-10-16(11-5-1)19(17-12-6-2-7-13-17)18-14-8-3-9-15-18;;;;/h16-18H,1-15H2;;;;. The van der Waals surface area contributed by atoms with E-state index in [2.05, 4.69) is 0 Å². The molecule has 3 fully saturated rings. The molecule has 20 heavy (non-hydrogen) atoms. The maximum absolute atomic E-state index is 1.61. The number of rotatable bonds is 3. The van der Waals surface area contributed by atoms with Gasteiger partial charge in [-0.05, 0) is 0 Å². The van der Waals surface area contributed by atoms with E-state index in [4.69, 9.17) is 0 Å². The van der Waals surface area contributed by atoms with Crippen molar-refractivity contribution in [3.05, 3.63) is 0 Å². The minimum absolute atomic E-state index is 0.842. The van der Waals surface area contributed by atoms with Crippen molar-refractivity contribution < 1.29 is 0 Å². The molecule has 3 aliphatic carbocycles. The van der Waals surface area contributed by atoms with Crippen LogP contribution in [0, 0.1) is 17.8 Å². The molecule has 0 spiro atoms. The van der Waals surface area contributed by atoms with Crippen molar-refractivity contribution in [2.24, 2.45) is 17.8 Å². The van der Waals surface area contributed by atoms with Crippen molar-refractivity contribution in [2.75, 3.05) is 0 Å². The van der Waals surface area contributed by atoms with Crippen LogP contribution in [0.3, 0.4) is 0 Å².